The third kappa shape index (κ3) is 4.06. The first kappa shape index (κ1) is 20.8. The Morgan fingerprint density at radius 1 is 1.12 bits per heavy atom. The van der Waals surface area contributed by atoms with Gasteiger partial charge in [0, 0.05) is 30.6 Å². The zero-order chi connectivity index (χ0) is 22.5. The van der Waals surface area contributed by atoms with Gasteiger partial charge in [-0.1, -0.05) is 12.8 Å². The Morgan fingerprint density at radius 2 is 1.84 bits per heavy atom. The van der Waals surface area contributed by atoms with Gasteiger partial charge in [0.25, 0.3) is 5.91 Å². The van der Waals surface area contributed by atoms with Crippen LogP contribution >= 0.6 is 0 Å². The van der Waals surface area contributed by atoms with Gasteiger partial charge in [0.05, 0.1) is 23.4 Å². The lowest BCUT2D eigenvalue weighted by atomic mass is 10.0. The maximum atomic E-state index is 13.5. The number of aromatic nitrogens is 2. The van der Waals surface area contributed by atoms with Crippen LogP contribution in [0.3, 0.4) is 0 Å². The van der Waals surface area contributed by atoms with E-state index in [2.05, 4.69) is 15.3 Å². The topological polar surface area (TPSA) is 50.2 Å². The van der Waals surface area contributed by atoms with Gasteiger partial charge in [-0.05, 0) is 61.2 Å². The van der Waals surface area contributed by atoms with Crippen molar-refractivity contribution in [1.29, 1.82) is 0 Å². The molecule has 0 radical (unpaired) electrons. The molecule has 32 heavy (non-hydrogen) atoms. The molecule has 2 atom stereocenters. The highest BCUT2D eigenvalue weighted by atomic mass is 19.3. The average molecular weight is 442 g/mol. The SMILES string of the molecule is CC(F)(F)C(=O)NC1CCN(c2ccc3c(cnn3-c3ccc(F)cc3)c2)[C@@H]1CC1CC1. The number of rotatable bonds is 6. The predicted octanol–water partition coefficient (Wildman–Crippen LogP) is 4.68. The first-order valence-electron chi connectivity index (χ1n) is 11.0. The maximum absolute atomic E-state index is 13.5. The molecule has 3 aromatic rings. The lowest BCUT2D eigenvalue weighted by Gasteiger charge is -2.31. The molecule has 1 N–H and O–H groups in total. The summed E-state index contributed by atoms with van der Waals surface area (Å²) in [5.74, 6) is -4.30. The molecule has 1 aliphatic carbocycles. The van der Waals surface area contributed by atoms with Crippen molar-refractivity contribution in [2.24, 2.45) is 5.92 Å². The van der Waals surface area contributed by atoms with Crippen molar-refractivity contribution in [2.45, 2.75) is 50.6 Å². The number of alkyl halides is 2. The van der Waals surface area contributed by atoms with Gasteiger partial charge in [0.15, 0.2) is 0 Å². The molecule has 1 saturated heterocycles. The largest absolute Gasteiger partial charge is 0.366 e. The summed E-state index contributed by atoms with van der Waals surface area (Å²) in [5, 5.41) is 7.98. The van der Waals surface area contributed by atoms with Crippen molar-refractivity contribution in [1.82, 2.24) is 15.1 Å². The number of carbonyl (C=O) groups is 1. The van der Waals surface area contributed by atoms with E-state index in [-0.39, 0.29) is 17.9 Å². The predicted molar refractivity (Wildman–Crippen MR) is 117 cm³/mol. The number of hydrogen-bond donors (Lipinski definition) is 1. The molecule has 2 heterocycles. The molecule has 1 saturated carbocycles. The van der Waals surface area contributed by atoms with Crippen LogP contribution in [0, 0.1) is 11.7 Å². The number of nitrogens with zero attached hydrogens (tertiary/aromatic N) is 3. The van der Waals surface area contributed by atoms with Crippen molar-refractivity contribution in [3.8, 4) is 5.69 Å². The van der Waals surface area contributed by atoms with Crippen molar-refractivity contribution < 1.29 is 18.0 Å². The standard InChI is InChI=1S/C24H25F3N4O/c1-24(26,27)23(32)29-20-10-11-30(22(20)12-15-2-3-15)19-8-9-21-16(13-19)14-28-31(21)18-6-4-17(25)5-7-18/h4-9,13-15,20,22H,2-3,10-12H2,1H3,(H,29,32)/t20?,22-/m1/s1. The van der Waals surface area contributed by atoms with E-state index in [0.717, 1.165) is 41.5 Å². The van der Waals surface area contributed by atoms with E-state index in [1.807, 2.05) is 18.2 Å². The van der Waals surface area contributed by atoms with Gasteiger partial charge >= 0.3 is 5.92 Å². The molecule has 5 nitrogen and oxygen atoms in total. The zero-order valence-electron chi connectivity index (χ0n) is 17.8. The lowest BCUT2D eigenvalue weighted by molar-refractivity contribution is -0.143. The van der Waals surface area contributed by atoms with Crippen LogP contribution in [-0.4, -0.2) is 40.2 Å². The van der Waals surface area contributed by atoms with Gasteiger partial charge < -0.3 is 10.2 Å². The summed E-state index contributed by atoms with van der Waals surface area (Å²) in [7, 11) is 0. The minimum Gasteiger partial charge on any atom is -0.366 e. The zero-order valence-corrected chi connectivity index (χ0v) is 17.8. The molecule has 2 fully saturated rings. The van der Waals surface area contributed by atoms with Gasteiger partial charge in [-0.2, -0.15) is 13.9 Å². The van der Waals surface area contributed by atoms with E-state index >= 15 is 0 Å². The first-order valence-corrected chi connectivity index (χ1v) is 11.0. The molecule has 1 amide bonds. The summed E-state index contributed by atoms with van der Waals surface area (Å²) in [6.45, 7) is 1.33. The Labute approximate surface area is 184 Å². The third-order valence-electron chi connectivity index (χ3n) is 6.49. The Hall–Kier alpha value is -3.03. The minimum absolute atomic E-state index is 0.0154. The van der Waals surface area contributed by atoms with E-state index in [9.17, 15) is 18.0 Å². The Kier molecular flexibility index (Phi) is 5.10. The number of benzene rings is 2. The van der Waals surface area contributed by atoms with E-state index in [1.165, 1.54) is 12.1 Å². The lowest BCUT2D eigenvalue weighted by Crippen LogP contribution is -2.49. The summed E-state index contributed by atoms with van der Waals surface area (Å²) in [5.41, 5.74) is 2.65. The highest BCUT2D eigenvalue weighted by Crippen LogP contribution is 2.39. The van der Waals surface area contributed by atoms with E-state index in [1.54, 1.807) is 23.0 Å². The quantitative estimate of drug-likeness (QED) is 0.603. The van der Waals surface area contributed by atoms with Gasteiger partial charge in [-0.3, -0.25) is 4.79 Å². The highest BCUT2D eigenvalue weighted by Gasteiger charge is 2.42. The smallest absolute Gasteiger partial charge is 0.321 e. The molecule has 1 aliphatic heterocycles. The molecule has 1 unspecified atom stereocenters. The molecule has 2 aromatic carbocycles. The number of fused-ring (bicyclic) bond motifs is 1. The summed E-state index contributed by atoms with van der Waals surface area (Å²) in [4.78, 5) is 14.2. The second-order valence-corrected chi connectivity index (χ2v) is 8.97. The number of amides is 1. The molecule has 0 spiro atoms. The second kappa shape index (κ2) is 7.83. The fourth-order valence-corrected chi connectivity index (χ4v) is 4.61. The minimum atomic E-state index is -3.38. The van der Waals surface area contributed by atoms with Gasteiger partial charge in [-0.25, -0.2) is 9.07 Å². The number of halogens is 3. The molecule has 0 bridgehead atoms. The molecular formula is C24H25F3N4O. The number of carbonyl (C=O) groups excluding carboxylic acids is 1. The summed E-state index contributed by atoms with van der Waals surface area (Å²) >= 11 is 0. The Balaban J connectivity index is 1.41. The molecule has 168 valence electrons. The van der Waals surface area contributed by atoms with Gasteiger partial charge in [0.1, 0.15) is 5.82 Å². The molecule has 2 aliphatic rings. The van der Waals surface area contributed by atoms with Crippen LogP contribution in [0.1, 0.15) is 32.6 Å². The Morgan fingerprint density at radius 3 is 2.53 bits per heavy atom. The Bertz CT molecular complexity index is 1130. The van der Waals surface area contributed by atoms with Crippen molar-refractivity contribution >= 4 is 22.5 Å². The molecule has 1 aromatic heterocycles. The average Bonchev–Trinajstić information content (AvgIpc) is 3.34. The molecule has 8 heteroatoms. The van der Waals surface area contributed by atoms with Crippen LogP contribution < -0.4 is 10.2 Å². The summed E-state index contributed by atoms with van der Waals surface area (Å²) < 4.78 is 42.0. The second-order valence-electron chi connectivity index (χ2n) is 8.97. The first-order chi connectivity index (χ1) is 15.3. The third-order valence-corrected chi connectivity index (χ3v) is 6.49. The van der Waals surface area contributed by atoms with E-state index in [0.29, 0.717) is 25.8 Å². The van der Waals surface area contributed by atoms with Gasteiger partial charge in [0.2, 0.25) is 0 Å². The van der Waals surface area contributed by atoms with Crippen LogP contribution in [0.4, 0.5) is 18.9 Å². The van der Waals surface area contributed by atoms with Crippen LogP contribution in [0.15, 0.2) is 48.7 Å². The molecular weight excluding hydrogens is 417 g/mol. The summed E-state index contributed by atoms with van der Waals surface area (Å²) in [6.07, 6.45) is 5.58. The van der Waals surface area contributed by atoms with Crippen molar-refractivity contribution in [2.75, 3.05) is 11.4 Å². The fourth-order valence-electron chi connectivity index (χ4n) is 4.61. The van der Waals surface area contributed by atoms with Crippen LogP contribution in [0.5, 0.6) is 0 Å². The number of hydrogen-bond acceptors (Lipinski definition) is 3. The van der Waals surface area contributed by atoms with E-state index < -0.39 is 11.8 Å². The number of nitrogens with one attached hydrogen (secondary N) is 1. The van der Waals surface area contributed by atoms with E-state index in [4.69, 9.17) is 0 Å². The van der Waals surface area contributed by atoms with Crippen LogP contribution in [0.25, 0.3) is 16.6 Å². The van der Waals surface area contributed by atoms with Crippen LogP contribution in [0.2, 0.25) is 0 Å². The van der Waals surface area contributed by atoms with Crippen molar-refractivity contribution in [3.05, 3.63) is 54.5 Å². The molecule has 5 rings (SSSR count). The van der Waals surface area contributed by atoms with Crippen molar-refractivity contribution in [3.63, 3.8) is 0 Å². The van der Waals surface area contributed by atoms with Crippen LogP contribution in [-0.2, 0) is 4.79 Å². The normalized spacial score (nSPS) is 21.3. The summed E-state index contributed by atoms with van der Waals surface area (Å²) in [6, 6.07) is 11.9. The monoisotopic (exact) mass is 442 g/mol. The fraction of sp³-hybridized carbons (Fsp3) is 0.417. The number of anilines is 1. The van der Waals surface area contributed by atoms with Gasteiger partial charge in [-0.15, -0.1) is 0 Å². The maximum Gasteiger partial charge on any atom is 0.321 e. The highest BCUT2D eigenvalue weighted by molar-refractivity contribution is 5.85.